The van der Waals surface area contributed by atoms with Crippen LogP contribution in [-0.2, 0) is 6.42 Å². The van der Waals surface area contributed by atoms with Gasteiger partial charge in [0.25, 0.3) is 0 Å². The quantitative estimate of drug-likeness (QED) is 0.894. The second-order valence-corrected chi connectivity index (χ2v) is 4.66. The number of nitrogens with zero attached hydrogens (tertiary/aromatic N) is 4. The van der Waals surface area contributed by atoms with Gasteiger partial charge in [0, 0.05) is 6.20 Å². The number of pyridine rings is 1. The van der Waals surface area contributed by atoms with Crippen LogP contribution in [0, 0.1) is 6.92 Å². The van der Waals surface area contributed by atoms with Crippen molar-refractivity contribution in [2.24, 2.45) is 0 Å². The third-order valence-electron chi connectivity index (χ3n) is 3.32. The molecule has 1 unspecified atom stereocenters. The van der Waals surface area contributed by atoms with E-state index in [2.05, 4.69) is 40.5 Å². The van der Waals surface area contributed by atoms with Gasteiger partial charge in [0.2, 0.25) is 0 Å². The molecule has 0 aliphatic rings. The molecule has 0 amide bonds. The van der Waals surface area contributed by atoms with E-state index in [1.807, 2.05) is 31.0 Å². The van der Waals surface area contributed by atoms with Gasteiger partial charge in [-0.25, -0.2) is 4.68 Å². The minimum absolute atomic E-state index is 0.251. The van der Waals surface area contributed by atoms with Crippen LogP contribution >= 0.6 is 0 Å². The standard InChI is InChI=1S/C14H21N5/c1-5-12(15-4)14-13(6-2)19(18-17-14)11-7-10(3)8-16-9-11/h7-9,12,15H,5-6H2,1-4H3. The summed E-state index contributed by atoms with van der Waals surface area (Å²) in [6.07, 6.45) is 5.56. The first kappa shape index (κ1) is 13.7. The van der Waals surface area contributed by atoms with Crippen molar-refractivity contribution in [1.29, 1.82) is 0 Å². The molecular formula is C14H21N5. The molecule has 0 aromatic carbocycles. The van der Waals surface area contributed by atoms with Crippen LogP contribution in [0.15, 0.2) is 18.5 Å². The van der Waals surface area contributed by atoms with Gasteiger partial charge in [-0.05, 0) is 38.4 Å². The van der Waals surface area contributed by atoms with Crippen LogP contribution in [0.4, 0.5) is 0 Å². The summed E-state index contributed by atoms with van der Waals surface area (Å²) < 4.78 is 1.90. The summed E-state index contributed by atoms with van der Waals surface area (Å²) in [5.41, 5.74) is 4.28. The maximum atomic E-state index is 4.36. The van der Waals surface area contributed by atoms with Gasteiger partial charge in [-0.1, -0.05) is 19.1 Å². The zero-order valence-electron chi connectivity index (χ0n) is 12.0. The summed E-state index contributed by atoms with van der Waals surface area (Å²) in [7, 11) is 1.96. The third-order valence-corrected chi connectivity index (χ3v) is 3.32. The Bertz CT molecular complexity index is 543. The zero-order chi connectivity index (χ0) is 13.8. The molecule has 0 saturated heterocycles. The molecule has 0 aliphatic heterocycles. The number of aromatic nitrogens is 4. The molecule has 19 heavy (non-hydrogen) atoms. The number of hydrogen-bond donors (Lipinski definition) is 1. The second-order valence-electron chi connectivity index (χ2n) is 4.66. The Hall–Kier alpha value is -1.75. The lowest BCUT2D eigenvalue weighted by Crippen LogP contribution is -2.17. The lowest BCUT2D eigenvalue weighted by molar-refractivity contribution is 0.555. The normalized spacial score (nSPS) is 12.6. The van der Waals surface area contributed by atoms with E-state index in [1.165, 1.54) is 0 Å². The smallest absolute Gasteiger partial charge is 0.103 e. The van der Waals surface area contributed by atoms with Crippen LogP contribution in [0.25, 0.3) is 5.69 Å². The van der Waals surface area contributed by atoms with E-state index in [9.17, 15) is 0 Å². The van der Waals surface area contributed by atoms with Crippen molar-refractivity contribution in [3.8, 4) is 5.69 Å². The average Bonchev–Trinajstić information content (AvgIpc) is 2.84. The number of nitrogens with one attached hydrogen (secondary N) is 1. The molecule has 1 N–H and O–H groups in total. The molecular weight excluding hydrogens is 238 g/mol. The fourth-order valence-corrected chi connectivity index (χ4v) is 2.31. The minimum Gasteiger partial charge on any atom is -0.312 e. The van der Waals surface area contributed by atoms with E-state index >= 15 is 0 Å². The largest absolute Gasteiger partial charge is 0.312 e. The first-order valence-corrected chi connectivity index (χ1v) is 6.75. The Balaban J connectivity index is 2.48. The van der Waals surface area contributed by atoms with Crippen LogP contribution in [0.3, 0.4) is 0 Å². The maximum absolute atomic E-state index is 4.36. The Morgan fingerprint density at radius 3 is 2.68 bits per heavy atom. The average molecular weight is 259 g/mol. The first-order chi connectivity index (χ1) is 9.21. The van der Waals surface area contributed by atoms with E-state index in [0.717, 1.165) is 35.5 Å². The Morgan fingerprint density at radius 2 is 2.11 bits per heavy atom. The lowest BCUT2D eigenvalue weighted by Gasteiger charge is -2.13. The van der Waals surface area contributed by atoms with Crippen molar-refractivity contribution in [2.75, 3.05) is 7.05 Å². The molecule has 0 saturated carbocycles. The lowest BCUT2D eigenvalue weighted by atomic mass is 10.1. The van der Waals surface area contributed by atoms with Crippen LogP contribution in [0.1, 0.15) is 43.3 Å². The van der Waals surface area contributed by atoms with Gasteiger partial charge in [0.1, 0.15) is 5.69 Å². The summed E-state index contributed by atoms with van der Waals surface area (Å²) >= 11 is 0. The Kier molecular flexibility index (Phi) is 4.27. The molecule has 102 valence electrons. The number of hydrogen-bond acceptors (Lipinski definition) is 4. The maximum Gasteiger partial charge on any atom is 0.103 e. The summed E-state index contributed by atoms with van der Waals surface area (Å²) in [6.45, 7) is 6.31. The van der Waals surface area contributed by atoms with E-state index in [-0.39, 0.29) is 6.04 Å². The third kappa shape index (κ3) is 2.66. The molecule has 2 rings (SSSR count). The van der Waals surface area contributed by atoms with Gasteiger partial charge < -0.3 is 5.32 Å². The second kappa shape index (κ2) is 5.93. The molecule has 0 aliphatic carbocycles. The van der Waals surface area contributed by atoms with Gasteiger partial charge >= 0.3 is 0 Å². The van der Waals surface area contributed by atoms with Crippen molar-refractivity contribution in [3.63, 3.8) is 0 Å². The van der Waals surface area contributed by atoms with Crippen LogP contribution < -0.4 is 5.32 Å². The Labute approximate surface area is 114 Å². The van der Waals surface area contributed by atoms with Gasteiger partial charge in [0.15, 0.2) is 0 Å². The first-order valence-electron chi connectivity index (χ1n) is 6.75. The monoisotopic (exact) mass is 259 g/mol. The predicted molar refractivity (Wildman–Crippen MR) is 75.4 cm³/mol. The SMILES string of the molecule is CCc1c(C(CC)NC)nnn1-c1cncc(C)c1. The van der Waals surface area contributed by atoms with Crippen molar-refractivity contribution in [3.05, 3.63) is 35.4 Å². The molecule has 5 nitrogen and oxygen atoms in total. The summed E-state index contributed by atoms with van der Waals surface area (Å²) in [5, 5.41) is 11.9. The molecule has 0 fully saturated rings. The van der Waals surface area contributed by atoms with Gasteiger partial charge in [-0.3, -0.25) is 4.98 Å². The molecule has 0 bridgehead atoms. The van der Waals surface area contributed by atoms with Crippen molar-refractivity contribution in [1.82, 2.24) is 25.3 Å². The fraction of sp³-hybridized carbons (Fsp3) is 0.500. The predicted octanol–water partition coefficient (Wildman–Crippen LogP) is 2.20. The summed E-state index contributed by atoms with van der Waals surface area (Å²) in [6, 6.07) is 2.33. The van der Waals surface area contributed by atoms with E-state index < -0.39 is 0 Å². The highest BCUT2D eigenvalue weighted by Crippen LogP contribution is 2.21. The highest BCUT2D eigenvalue weighted by atomic mass is 15.4. The molecule has 2 heterocycles. The molecule has 0 radical (unpaired) electrons. The molecule has 2 aromatic heterocycles. The van der Waals surface area contributed by atoms with Crippen molar-refractivity contribution >= 4 is 0 Å². The van der Waals surface area contributed by atoms with Crippen LogP contribution in [0.2, 0.25) is 0 Å². The Morgan fingerprint density at radius 1 is 1.32 bits per heavy atom. The topological polar surface area (TPSA) is 55.6 Å². The highest BCUT2D eigenvalue weighted by Gasteiger charge is 2.19. The van der Waals surface area contributed by atoms with Gasteiger partial charge in [-0.15, -0.1) is 5.10 Å². The summed E-state index contributed by atoms with van der Waals surface area (Å²) in [5.74, 6) is 0. The van der Waals surface area contributed by atoms with E-state index in [4.69, 9.17) is 0 Å². The summed E-state index contributed by atoms with van der Waals surface area (Å²) in [4.78, 5) is 4.23. The fourth-order valence-electron chi connectivity index (χ4n) is 2.31. The zero-order valence-corrected chi connectivity index (χ0v) is 12.0. The molecule has 2 aromatic rings. The van der Waals surface area contributed by atoms with Crippen LogP contribution in [0.5, 0.6) is 0 Å². The minimum atomic E-state index is 0.251. The number of aryl methyl sites for hydroxylation is 1. The van der Waals surface area contributed by atoms with Crippen molar-refractivity contribution < 1.29 is 0 Å². The highest BCUT2D eigenvalue weighted by molar-refractivity contribution is 5.34. The molecule has 0 spiro atoms. The van der Waals surface area contributed by atoms with Crippen LogP contribution in [-0.4, -0.2) is 27.0 Å². The molecule has 1 atom stereocenters. The van der Waals surface area contributed by atoms with E-state index in [1.54, 1.807) is 0 Å². The van der Waals surface area contributed by atoms with Crippen molar-refractivity contribution in [2.45, 2.75) is 39.7 Å². The van der Waals surface area contributed by atoms with Gasteiger partial charge in [0.05, 0.1) is 23.6 Å². The van der Waals surface area contributed by atoms with E-state index in [0.29, 0.717) is 0 Å². The molecule has 5 heteroatoms. The number of rotatable bonds is 5. The van der Waals surface area contributed by atoms with Gasteiger partial charge in [-0.2, -0.15) is 0 Å².